The predicted molar refractivity (Wildman–Crippen MR) is 82.2 cm³/mol. The average molecular weight is 273 g/mol. The molecule has 0 aliphatic heterocycles. The van der Waals surface area contributed by atoms with E-state index in [4.69, 9.17) is 0 Å². The van der Waals surface area contributed by atoms with Crippen molar-refractivity contribution in [3.63, 3.8) is 0 Å². The number of para-hydroxylation sites is 1. The summed E-state index contributed by atoms with van der Waals surface area (Å²) in [6.45, 7) is 6.35. The lowest BCUT2D eigenvalue weighted by atomic mass is 9.97. The number of aryl methyl sites for hydroxylation is 1. The zero-order valence-electron chi connectivity index (χ0n) is 11.6. The van der Waals surface area contributed by atoms with Gasteiger partial charge in [0.1, 0.15) is 0 Å². The number of carbonyl (C=O) groups excluding carboxylic acids is 1. The van der Waals surface area contributed by atoms with Gasteiger partial charge in [-0.3, -0.25) is 4.79 Å². The van der Waals surface area contributed by atoms with Crippen LogP contribution in [0.5, 0.6) is 0 Å². The van der Waals surface area contributed by atoms with Crippen molar-refractivity contribution in [2.75, 3.05) is 5.32 Å². The maximum atomic E-state index is 12.2. The SMILES string of the molecule is CCC(C)c1ccccc1NC(=O)c1ccc(C)s1. The van der Waals surface area contributed by atoms with Gasteiger partial charge in [-0.2, -0.15) is 0 Å². The molecule has 1 amide bonds. The minimum atomic E-state index is -0.0196. The van der Waals surface area contributed by atoms with Crippen molar-refractivity contribution in [2.24, 2.45) is 0 Å². The van der Waals surface area contributed by atoms with E-state index in [1.165, 1.54) is 16.9 Å². The first kappa shape index (κ1) is 13.8. The molecule has 0 aliphatic carbocycles. The Morgan fingerprint density at radius 2 is 2.00 bits per heavy atom. The molecule has 1 N–H and O–H groups in total. The van der Waals surface area contributed by atoms with Crippen LogP contribution in [0.2, 0.25) is 0 Å². The zero-order chi connectivity index (χ0) is 13.8. The van der Waals surface area contributed by atoms with Crippen LogP contribution in [0.3, 0.4) is 0 Å². The fourth-order valence-corrected chi connectivity index (χ4v) is 2.76. The number of carbonyl (C=O) groups is 1. The van der Waals surface area contributed by atoms with Gasteiger partial charge in [0.25, 0.3) is 5.91 Å². The van der Waals surface area contributed by atoms with Crippen LogP contribution in [0, 0.1) is 6.92 Å². The number of hydrogen-bond acceptors (Lipinski definition) is 2. The van der Waals surface area contributed by atoms with Gasteiger partial charge in [-0.25, -0.2) is 0 Å². The Morgan fingerprint density at radius 1 is 1.26 bits per heavy atom. The lowest BCUT2D eigenvalue weighted by Crippen LogP contribution is -2.12. The van der Waals surface area contributed by atoms with Gasteiger partial charge in [0.2, 0.25) is 0 Å². The molecule has 0 saturated carbocycles. The molecule has 0 spiro atoms. The summed E-state index contributed by atoms with van der Waals surface area (Å²) in [6.07, 6.45) is 1.06. The number of benzene rings is 1. The van der Waals surface area contributed by atoms with Crippen molar-refractivity contribution in [1.82, 2.24) is 0 Å². The second-order valence-electron chi connectivity index (χ2n) is 4.76. The van der Waals surface area contributed by atoms with E-state index in [9.17, 15) is 4.79 Å². The molecule has 0 radical (unpaired) electrons. The summed E-state index contributed by atoms with van der Waals surface area (Å²) >= 11 is 1.52. The molecule has 2 nitrogen and oxygen atoms in total. The lowest BCUT2D eigenvalue weighted by Gasteiger charge is -2.15. The Hall–Kier alpha value is -1.61. The van der Waals surface area contributed by atoms with E-state index in [1.807, 2.05) is 37.3 Å². The first-order valence-electron chi connectivity index (χ1n) is 6.58. The molecular formula is C16H19NOS. The van der Waals surface area contributed by atoms with Gasteiger partial charge >= 0.3 is 0 Å². The van der Waals surface area contributed by atoms with Crippen LogP contribution in [0.25, 0.3) is 0 Å². The number of anilines is 1. The summed E-state index contributed by atoms with van der Waals surface area (Å²) in [7, 11) is 0. The van der Waals surface area contributed by atoms with Gasteiger partial charge in [0, 0.05) is 10.6 Å². The van der Waals surface area contributed by atoms with Gasteiger partial charge in [-0.15, -0.1) is 11.3 Å². The first-order chi connectivity index (χ1) is 9.11. The van der Waals surface area contributed by atoms with Crippen molar-refractivity contribution in [1.29, 1.82) is 0 Å². The molecular weight excluding hydrogens is 254 g/mol. The summed E-state index contributed by atoms with van der Waals surface area (Å²) in [5.74, 6) is 0.426. The largest absolute Gasteiger partial charge is 0.321 e. The van der Waals surface area contributed by atoms with E-state index < -0.39 is 0 Å². The Labute approximate surface area is 118 Å². The van der Waals surface area contributed by atoms with Gasteiger partial charge in [0.15, 0.2) is 0 Å². The normalized spacial score (nSPS) is 12.2. The number of rotatable bonds is 4. The Kier molecular flexibility index (Phi) is 4.38. The number of hydrogen-bond donors (Lipinski definition) is 1. The van der Waals surface area contributed by atoms with Crippen molar-refractivity contribution in [3.05, 3.63) is 51.7 Å². The van der Waals surface area contributed by atoms with Crippen LogP contribution in [0.1, 0.15) is 46.3 Å². The smallest absolute Gasteiger partial charge is 0.265 e. The molecule has 0 bridgehead atoms. The molecule has 3 heteroatoms. The molecule has 2 rings (SSSR count). The van der Waals surface area contributed by atoms with E-state index in [2.05, 4.69) is 25.2 Å². The molecule has 19 heavy (non-hydrogen) atoms. The van der Waals surface area contributed by atoms with E-state index in [1.54, 1.807) is 0 Å². The van der Waals surface area contributed by atoms with Crippen LogP contribution < -0.4 is 5.32 Å². The molecule has 0 aliphatic rings. The summed E-state index contributed by atoms with van der Waals surface area (Å²) in [6, 6.07) is 11.9. The van der Waals surface area contributed by atoms with Gasteiger partial charge in [-0.1, -0.05) is 32.0 Å². The minimum absolute atomic E-state index is 0.0196. The van der Waals surface area contributed by atoms with E-state index in [-0.39, 0.29) is 5.91 Å². The standard InChI is InChI=1S/C16H19NOS/c1-4-11(2)13-7-5-6-8-14(13)17-16(18)15-10-9-12(3)19-15/h5-11H,4H2,1-3H3,(H,17,18). The molecule has 100 valence electrons. The van der Waals surface area contributed by atoms with E-state index in [0.717, 1.165) is 21.9 Å². The molecule has 1 heterocycles. The molecule has 0 fully saturated rings. The maximum absolute atomic E-state index is 12.2. The first-order valence-corrected chi connectivity index (χ1v) is 7.40. The van der Waals surface area contributed by atoms with E-state index >= 15 is 0 Å². The predicted octanol–water partition coefficient (Wildman–Crippen LogP) is 4.82. The molecule has 0 saturated heterocycles. The molecule has 1 aromatic carbocycles. The van der Waals surface area contributed by atoms with Crippen molar-refractivity contribution in [2.45, 2.75) is 33.1 Å². The fraction of sp³-hybridized carbons (Fsp3) is 0.312. The molecule has 1 atom stereocenters. The lowest BCUT2D eigenvalue weighted by molar-refractivity contribution is 0.103. The third-order valence-electron chi connectivity index (χ3n) is 3.32. The summed E-state index contributed by atoms with van der Waals surface area (Å²) in [4.78, 5) is 14.1. The van der Waals surface area contributed by atoms with Gasteiger partial charge in [0.05, 0.1) is 4.88 Å². The van der Waals surface area contributed by atoms with E-state index in [0.29, 0.717) is 5.92 Å². The number of thiophene rings is 1. The van der Waals surface area contributed by atoms with Crippen LogP contribution in [0.15, 0.2) is 36.4 Å². The second kappa shape index (κ2) is 6.02. The van der Waals surface area contributed by atoms with Crippen LogP contribution >= 0.6 is 11.3 Å². The average Bonchev–Trinajstić information content (AvgIpc) is 2.85. The van der Waals surface area contributed by atoms with Crippen LogP contribution in [-0.2, 0) is 0 Å². The molecule has 2 aromatic rings. The third-order valence-corrected chi connectivity index (χ3v) is 4.32. The second-order valence-corrected chi connectivity index (χ2v) is 6.05. The van der Waals surface area contributed by atoms with Crippen molar-refractivity contribution >= 4 is 22.9 Å². The minimum Gasteiger partial charge on any atom is -0.321 e. The highest BCUT2D eigenvalue weighted by Crippen LogP contribution is 2.27. The summed E-state index contributed by atoms with van der Waals surface area (Å²) in [5.41, 5.74) is 2.12. The Morgan fingerprint density at radius 3 is 2.63 bits per heavy atom. The highest BCUT2D eigenvalue weighted by Gasteiger charge is 2.13. The molecule has 1 aromatic heterocycles. The molecule has 1 unspecified atom stereocenters. The fourth-order valence-electron chi connectivity index (χ4n) is 2.00. The van der Waals surface area contributed by atoms with Crippen molar-refractivity contribution < 1.29 is 4.79 Å². The number of amides is 1. The van der Waals surface area contributed by atoms with Crippen LogP contribution in [0.4, 0.5) is 5.69 Å². The highest BCUT2D eigenvalue weighted by atomic mass is 32.1. The topological polar surface area (TPSA) is 29.1 Å². The van der Waals surface area contributed by atoms with Crippen molar-refractivity contribution in [3.8, 4) is 0 Å². The summed E-state index contributed by atoms with van der Waals surface area (Å²) < 4.78 is 0. The quantitative estimate of drug-likeness (QED) is 0.850. The van der Waals surface area contributed by atoms with Gasteiger partial charge in [-0.05, 0) is 43.0 Å². The number of nitrogens with one attached hydrogen (secondary N) is 1. The van der Waals surface area contributed by atoms with Crippen LogP contribution in [-0.4, -0.2) is 5.91 Å². The Balaban J connectivity index is 2.21. The van der Waals surface area contributed by atoms with Gasteiger partial charge < -0.3 is 5.32 Å². The third kappa shape index (κ3) is 3.24. The maximum Gasteiger partial charge on any atom is 0.265 e. The zero-order valence-corrected chi connectivity index (χ0v) is 12.4. The highest BCUT2D eigenvalue weighted by molar-refractivity contribution is 7.14. The Bertz CT molecular complexity index is 574. The monoisotopic (exact) mass is 273 g/mol. The summed E-state index contributed by atoms with van der Waals surface area (Å²) in [5, 5.41) is 3.03.